The van der Waals surface area contributed by atoms with Gasteiger partial charge in [0.1, 0.15) is 13.2 Å². The summed E-state index contributed by atoms with van der Waals surface area (Å²) in [6.45, 7) is 11.4. The molecular formula is C61H118O6. The summed E-state index contributed by atoms with van der Waals surface area (Å²) in [6.07, 6.45) is 58.1. The summed E-state index contributed by atoms with van der Waals surface area (Å²) >= 11 is 0. The van der Waals surface area contributed by atoms with Crippen molar-refractivity contribution in [3.05, 3.63) is 0 Å². The van der Waals surface area contributed by atoms with Gasteiger partial charge in [0.05, 0.1) is 0 Å². The van der Waals surface area contributed by atoms with Crippen molar-refractivity contribution in [2.24, 2.45) is 11.8 Å². The molecular weight excluding hydrogens is 829 g/mol. The van der Waals surface area contributed by atoms with E-state index >= 15 is 0 Å². The van der Waals surface area contributed by atoms with E-state index in [1.54, 1.807) is 0 Å². The van der Waals surface area contributed by atoms with Gasteiger partial charge in [-0.2, -0.15) is 0 Å². The zero-order chi connectivity index (χ0) is 48.9. The van der Waals surface area contributed by atoms with Crippen LogP contribution in [0.1, 0.15) is 343 Å². The van der Waals surface area contributed by atoms with Crippen molar-refractivity contribution in [1.29, 1.82) is 0 Å². The Morgan fingerprint density at radius 1 is 0.284 bits per heavy atom. The highest BCUT2D eigenvalue weighted by molar-refractivity contribution is 5.71. The number of carbonyl (C=O) groups is 3. The lowest BCUT2D eigenvalue weighted by Gasteiger charge is -2.18. The van der Waals surface area contributed by atoms with Crippen LogP contribution in [0.25, 0.3) is 0 Å². The number of rotatable bonds is 55. The highest BCUT2D eigenvalue weighted by Gasteiger charge is 2.19. The molecule has 0 radical (unpaired) electrons. The van der Waals surface area contributed by atoms with Gasteiger partial charge < -0.3 is 14.2 Å². The number of hydrogen-bond acceptors (Lipinski definition) is 6. The van der Waals surface area contributed by atoms with Gasteiger partial charge in [0.25, 0.3) is 0 Å². The molecule has 0 aromatic carbocycles. The first-order valence-electron chi connectivity index (χ1n) is 30.2. The summed E-state index contributed by atoms with van der Waals surface area (Å²) < 4.78 is 16.9. The van der Waals surface area contributed by atoms with Crippen molar-refractivity contribution in [2.45, 2.75) is 349 Å². The third-order valence-corrected chi connectivity index (χ3v) is 14.0. The molecule has 0 aromatic rings. The van der Waals surface area contributed by atoms with Crippen LogP contribution in [0.3, 0.4) is 0 Å². The summed E-state index contributed by atoms with van der Waals surface area (Å²) in [5, 5.41) is 0. The molecule has 0 aromatic heterocycles. The molecule has 0 amide bonds. The summed E-state index contributed by atoms with van der Waals surface area (Å²) in [5.41, 5.74) is 0. The SMILES string of the molecule is CCCCCCCCCCCCCCCCCCCCC(=O)OC[C@@H](COC(=O)CCCCCCCCCCCCC(C)C)OC(=O)CCCCCCCCCCCCCCCCCC(C)C. The zero-order valence-corrected chi connectivity index (χ0v) is 46.0. The summed E-state index contributed by atoms with van der Waals surface area (Å²) in [5.74, 6) is 0.830. The second kappa shape index (κ2) is 53.8. The van der Waals surface area contributed by atoms with Gasteiger partial charge in [-0.05, 0) is 31.1 Å². The maximum absolute atomic E-state index is 12.9. The van der Waals surface area contributed by atoms with E-state index in [4.69, 9.17) is 14.2 Å². The Morgan fingerprint density at radius 3 is 0.731 bits per heavy atom. The van der Waals surface area contributed by atoms with Crippen LogP contribution in [-0.4, -0.2) is 37.2 Å². The molecule has 0 spiro atoms. The molecule has 0 saturated heterocycles. The fourth-order valence-corrected chi connectivity index (χ4v) is 9.40. The second-order valence-electron chi connectivity index (χ2n) is 21.9. The number of carbonyl (C=O) groups excluding carboxylic acids is 3. The maximum Gasteiger partial charge on any atom is 0.306 e. The zero-order valence-electron chi connectivity index (χ0n) is 46.0. The van der Waals surface area contributed by atoms with Gasteiger partial charge in [-0.1, -0.05) is 304 Å². The first kappa shape index (κ1) is 65.4. The quantitative estimate of drug-likeness (QED) is 0.0343. The molecule has 0 heterocycles. The molecule has 0 aliphatic heterocycles. The molecule has 0 bridgehead atoms. The van der Waals surface area contributed by atoms with E-state index in [2.05, 4.69) is 34.6 Å². The minimum atomic E-state index is -0.763. The highest BCUT2D eigenvalue weighted by Crippen LogP contribution is 2.18. The standard InChI is InChI=1S/C61H118O6/c1-6-7-8-9-10-11-12-13-14-15-16-19-22-25-31-36-41-46-51-59(62)65-54-58(55-66-60(63)52-47-42-37-32-28-27-30-35-40-45-50-57(4)5)67-61(64)53-48-43-38-33-26-23-20-17-18-21-24-29-34-39-44-49-56(2)3/h56-58H,6-55H2,1-5H3/t58-/m0/s1. The molecule has 0 unspecified atom stereocenters. The lowest BCUT2D eigenvalue weighted by molar-refractivity contribution is -0.167. The Balaban J connectivity index is 4.28. The van der Waals surface area contributed by atoms with E-state index < -0.39 is 6.10 Å². The normalized spacial score (nSPS) is 12.0. The average molecular weight is 948 g/mol. The molecule has 0 aliphatic carbocycles. The maximum atomic E-state index is 12.9. The van der Waals surface area contributed by atoms with Crippen molar-refractivity contribution in [3.63, 3.8) is 0 Å². The molecule has 1 atom stereocenters. The second-order valence-corrected chi connectivity index (χ2v) is 21.9. The van der Waals surface area contributed by atoms with Crippen LogP contribution in [0.15, 0.2) is 0 Å². The molecule has 398 valence electrons. The van der Waals surface area contributed by atoms with Gasteiger partial charge in [0.2, 0.25) is 0 Å². The smallest absolute Gasteiger partial charge is 0.306 e. The van der Waals surface area contributed by atoms with Crippen LogP contribution < -0.4 is 0 Å². The third kappa shape index (κ3) is 55.2. The fraction of sp³-hybridized carbons (Fsp3) is 0.951. The lowest BCUT2D eigenvalue weighted by Crippen LogP contribution is -2.30. The highest BCUT2D eigenvalue weighted by atomic mass is 16.6. The molecule has 67 heavy (non-hydrogen) atoms. The first-order valence-corrected chi connectivity index (χ1v) is 30.2. The molecule has 0 rings (SSSR count). The van der Waals surface area contributed by atoms with Gasteiger partial charge in [0, 0.05) is 19.3 Å². The average Bonchev–Trinajstić information content (AvgIpc) is 3.30. The Hall–Kier alpha value is -1.59. The number of unbranched alkanes of at least 4 members (excludes halogenated alkanes) is 40. The van der Waals surface area contributed by atoms with Crippen LogP contribution in [0.4, 0.5) is 0 Å². The van der Waals surface area contributed by atoms with Crippen LogP contribution in [-0.2, 0) is 28.6 Å². The largest absolute Gasteiger partial charge is 0.462 e. The van der Waals surface area contributed by atoms with Crippen LogP contribution in [0.5, 0.6) is 0 Å². The number of esters is 3. The number of ether oxygens (including phenoxy) is 3. The minimum absolute atomic E-state index is 0.0624. The van der Waals surface area contributed by atoms with E-state index in [9.17, 15) is 14.4 Å². The lowest BCUT2D eigenvalue weighted by atomic mass is 10.0. The van der Waals surface area contributed by atoms with E-state index in [-0.39, 0.29) is 31.1 Å². The van der Waals surface area contributed by atoms with E-state index in [0.29, 0.717) is 19.3 Å². The number of hydrogen-bond donors (Lipinski definition) is 0. The van der Waals surface area contributed by atoms with Gasteiger partial charge in [-0.3, -0.25) is 14.4 Å². The van der Waals surface area contributed by atoms with Crippen molar-refractivity contribution in [3.8, 4) is 0 Å². The Kier molecular flexibility index (Phi) is 52.5. The van der Waals surface area contributed by atoms with Gasteiger partial charge in [-0.25, -0.2) is 0 Å². The summed E-state index contributed by atoms with van der Waals surface area (Å²) in [4.78, 5) is 38.2. The fourth-order valence-electron chi connectivity index (χ4n) is 9.40. The van der Waals surface area contributed by atoms with E-state index in [1.807, 2.05) is 0 Å². The van der Waals surface area contributed by atoms with Gasteiger partial charge >= 0.3 is 17.9 Å². The van der Waals surface area contributed by atoms with Crippen molar-refractivity contribution < 1.29 is 28.6 Å². The first-order chi connectivity index (χ1) is 32.7. The van der Waals surface area contributed by atoms with Crippen molar-refractivity contribution in [2.75, 3.05) is 13.2 Å². The Labute approximate surface area is 418 Å². The van der Waals surface area contributed by atoms with E-state index in [1.165, 1.54) is 231 Å². The van der Waals surface area contributed by atoms with Gasteiger partial charge in [-0.15, -0.1) is 0 Å². The van der Waals surface area contributed by atoms with Gasteiger partial charge in [0.15, 0.2) is 6.10 Å². The molecule has 6 nitrogen and oxygen atoms in total. The molecule has 0 saturated carbocycles. The molecule has 6 heteroatoms. The molecule has 0 N–H and O–H groups in total. The molecule has 0 aliphatic rings. The van der Waals surface area contributed by atoms with Crippen LogP contribution in [0, 0.1) is 11.8 Å². The monoisotopic (exact) mass is 947 g/mol. The predicted octanol–water partition coefficient (Wildman–Crippen LogP) is 20.0. The van der Waals surface area contributed by atoms with Crippen LogP contribution in [0.2, 0.25) is 0 Å². The topological polar surface area (TPSA) is 78.9 Å². The minimum Gasteiger partial charge on any atom is -0.462 e. The Morgan fingerprint density at radius 2 is 0.493 bits per heavy atom. The molecule has 0 fully saturated rings. The summed E-state index contributed by atoms with van der Waals surface area (Å²) in [7, 11) is 0. The Bertz CT molecular complexity index is 1020. The summed E-state index contributed by atoms with van der Waals surface area (Å²) in [6, 6.07) is 0. The van der Waals surface area contributed by atoms with Crippen LogP contribution >= 0.6 is 0 Å². The predicted molar refractivity (Wildman–Crippen MR) is 289 cm³/mol. The van der Waals surface area contributed by atoms with E-state index in [0.717, 1.165) is 69.6 Å². The third-order valence-electron chi connectivity index (χ3n) is 14.0. The van der Waals surface area contributed by atoms with Crippen molar-refractivity contribution in [1.82, 2.24) is 0 Å². The van der Waals surface area contributed by atoms with Crippen molar-refractivity contribution >= 4 is 17.9 Å².